The van der Waals surface area contributed by atoms with E-state index in [0.717, 1.165) is 31.3 Å². The Bertz CT molecular complexity index is 208. The summed E-state index contributed by atoms with van der Waals surface area (Å²) in [6.07, 6.45) is 9.41. The molecule has 2 aliphatic heterocycles. The zero-order valence-corrected chi connectivity index (χ0v) is 11.5. The standard InChI is InChI=1S/C14H28N2O/c1-16-13-6-5-7-14(16)11-12(10-13)15-8-3-4-9-17-2/h12-15H,3-11H2,1-2H3. The Morgan fingerprint density at radius 3 is 2.53 bits per heavy atom. The molecule has 3 heteroatoms. The molecule has 0 saturated carbocycles. The van der Waals surface area contributed by atoms with Gasteiger partial charge in [-0.25, -0.2) is 0 Å². The molecule has 2 fully saturated rings. The molecule has 1 N–H and O–H groups in total. The van der Waals surface area contributed by atoms with Crippen LogP contribution in [0.3, 0.4) is 0 Å². The molecule has 0 amide bonds. The van der Waals surface area contributed by atoms with E-state index < -0.39 is 0 Å². The number of nitrogens with one attached hydrogen (secondary N) is 1. The van der Waals surface area contributed by atoms with E-state index in [1.54, 1.807) is 7.11 Å². The first-order valence-electron chi connectivity index (χ1n) is 7.25. The second-order valence-electron chi connectivity index (χ2n) is 5.73. The van der Waals surface area contributed by atoms with Crippen molar-refractivity contribution in [3.05, 3.63) is 0 Å². The maximum Gasteiger partial charge on any atom is 0.0462 e. The van der Waals surface area contributed by atoms with Gasteiger partial charge in [0.2, 0.25) is 0 Å². The third-order valence-electron chi connectivity index (χ3n) is 4.55. The molecule has 2 saturated heterocycles. The lowest BCUT2D eigenvalue weighted by molar-refractivity contribution is 0.0485. The number of piperidine rings is 2. The van der Waals surface area contributed by atoms with Crippen molar-refractivity contribution in [1.29, 1.82) is 0 Å². The van der Waals surface area contributed by atoms with E-state index in [1.165, 1.54) is 44.9 Å². The number of hydrogen-bond acceptors (Lipinski definition) is 3. The highest BCUT2D eigenvalue weighted by atomic mass is 16.5. The molecule has 2 bridgehead atoms. The van der Waals surface area contributed by atoms with Crippen LogP contribution in [0, 0.1) is 0 Å². The van der Waals surface area contributed by atoms with Crippen LogP contribution in [-0.2, 0) is 4.74 Å². The third kappa shape index (κ3) is 3.67. The second-order valence-corrected chi connectivity index (χ2v) is 5.73. The average Bonchev–Trinajstić information content (AvgIpc) is 2.30. The Morgan fingerprint density at radius 1 is 1.18 bits per heavy atom. The first kappa shape index (κ1) is 13.3. The highest BCUT2D eigenvalue weighted by Gasteiger charge is 2.35. The van der Waals surface area contributed by atoms with Crippen molar-refractivity contribution in [3.63, 3.8) is 0 Å². The summed E-state index contributed by atoms with van der Waals surface area (Å²) >= 11 is 0. The van der Waals surface area contributed by atoms with Crippen LogP contribution >= 0.6 is 0 Å². The second kappa shape index (κ2) is 6.72. The van der Waals surface area contributed by atoms with Gasteiger partial charge in [-0.2, -0.15) is 0 Å². The molecule has 0 aliphatic carbocycles. The number of unbranched alkanes of at least 4 members (excludes halogenated alkanes) is 1. The molecule has 3 nitrogen and oxygen atoms in total. The number of fused-ring (bicyclic) bond motifs is 2. The highest BCUT2D eigenvalue weighted by Crippen LogP contribution is 2.32. The number of ether oxygens (including phenoxy) is 1. The van der Waals surface area contributed by atoms with Crippen molar-refractivity contribution in [3.8, 4) is 0 Å². The van der Waals surface area contributed by atoms with Gasteiger partial charge in [0, 0.05) is 31.8 Å². The Kier molecular flexibility index (Phi) is 5.26. The molecule has 0 aromatic carbocycles. The minimum absolute atomic E-state index is 0.768. The summed E-state index contributed by atoms with van der Waals surface area (Å²) in [5, 5.41) is 3.75. The molecule has 2 rings (SSSR count). The normalized spacial score (nSPS) is 33.9. The Morgan fingerprint density at radius 2 is 1.88 bits per heavy atom. The van der Waals surface area contributed by atoms with E-state index in [-0.39, 0.29) is 0 Å². The lowest BCUT2D eigenvalue weighted by atomic mass is 9.82. The number of nitrogens with zero attached hydrogens (tertiary/aromatic N) is 1. The third-order valence-corrected chi connectivity index (χ3v) is 4.55. The zero-order valence-electron chi connectivity index (χ0n) is 11.5. The lowest BCUT2D eigenvalue weighted by Crippen LogP contribution is -2.54. The topological polar surface area (TPSA) is 24.5 Å². The van der Waals surface area contributed by atoms with Gasteiger partial charge in [0.25, 0.3) is 0 Å². The van der Waals surface area contributed by atoms with E-state index in [9.17, 15) is 0 Å². The van der Waals surface area contributed by atoms with E-state index in [4.69, 9.17) is 4.74 Å². The van der Waals surface area contributed by atoms with Crippen LogP contribution in [0.2, 0.25) is 0 Å². The van der Waals surface area contributed by atoms with E-state index >= 15 is 0 Å². The molecule has 100 valence electrons. The van der Waals surface area contributed by atoms with Gasteiger partial charge in [-0.15, -0.1) is 0 Å². The molecule has 17 heavy (non-hydrogen) atoms. The van der Waals surface area contributed by atoms with Crippen molar-refractivity contribution in [2.75, 3.05) is 27.3 Å². The molecular weight excluding hydrogens is 212 g/mol. The maximum atomic E-state index is 5.07. The predicted octanol–water partition coefficient (Wildman–Crippen LogP) is 2.02. The van der Waals surface area contributed by atoms with Crippen molar-refractivity contribution in [2.24, 2.45) is 0 Å². The first-order valence-corrected chi connectivity index (χ1v) is 7.25. The minimum Gasteiger partial charge on any atom is -0.385 e. The number of methoxy groups -OCH3 is 1. The maximum absolute atomic E-state index is 5.07. The SMILES string of the molecule is COCCCCNC1CC2CCCC(C1)N2C. The summed E-state index contributed by atoms with van der Waals surface area (Å²) < 4.78 is 5.07. The van der Waals surface area contributed by atoms with Crippen molar-refractivity contribution in [2.45, 2.75) is 63.1 Å². The molecule has 0 spiro atoms. The number of rotatable bonds is 6. The van der Waals surface area contributed by atoms with Crippen LogP contribution in [0.4, 0.5) is 0 Å². The van der Waals surface area contributed by atoms with Crippen LogP contribution in [-0.4, -0.2) is 50.3 Å². The molecule has 0 aromatic rings. The molecule has 2 unspecified atom stereocenters. The Hall–Kier alpha value is -0.120. The molecule has 0 radical (unpaired) electrons. The fourth-order valence-corrected chi connectivity index (χ4v) is 3.46. The quantitative estimate of drug-likeness (QED) is 0.719. The molecule has 0 aromatic heterocycles. The molecular formula is C14H28N2O. The molecule has 2 atom stereocenters. The number of hydrogen-bond donors (Lipinski definition) is 1. The summed E-state index contributed by atoms with van der Waals surface area (Å²) in [5.74, 6) is 0. The average molecular weight is 240 g/mol. The van der Waals surface area contributed by atoms with Gasteiger partial charge in [-0.1, -0.05) is 6.42 Å². The van der Waals surface area contributed by atoms with Crippen molar-refractivity contribution < 1.29 is 4.74 Å². The van der Waals surface area contributed by atoms with Gasteiger partial charge in [0.15, 0.2) is 0 Å². The van der Waals surface area contributed by atoms with Crippen LogP contribution in [0.1, 0.15) is 44.9 Å². The summed E-state index contributed by atoms with van der Waals surface area (Å²) in [4.78, 5) is 2.63. The fraction of sp³-hybridized carbons (Fsp3) is 1.00. The lowest BCUT2D eigenvalue weighted by Gasteiger charge is -2.47. The fourth-order valence-electron chi connectivity index (χ4n) is 3.46. The van der Waals surface area contributed by atoms with Gasteiger partial charge < -0.3 is 15.0 Å². The van der Waals surface area contributed by atoms with Crippen molar-refractivity contribution >= 4 is 0 Å². The minimum atomic E-state index is 0.768. The van der Waals surface area contributed by atoms with Crippen LogP contribution < -0.4 is 5.32 Å². The van der Waals surface area contributed by atoms with Gasteiger partial charge in [-0.3, -0.25) is 0 Å². The van der Waals surface area contributed by atoms with Crippen LogP contribution in [0.25, 0.3) is 0 Å². The smallest absolute Gasteiger partial charge is 0.0462 e. The zero-order chi connectivity index (χ0) is 12.1. The monoisotopic (exact) mass is 240 g/mol. The first-order chi connectivity index (χ1) is 8.31. The van der Waals surface area contributed by atoms with Gasteiger partial charge in [-0.05, 0) is 52.1 Å². The van der Waals surface area contributed by atoms with Crippen LogP contribution in [0.5, 0.6) is 0 Å². The van der Waals surface area contributed by atoms with Crippen molar-refractivity contribution in [1.82, 2.24) is 10.2 Å². The van der Waals surface area contributed by atoms with E-state index in [1.807, 2.05) is 0 Å². The Balaban J connectivity index is 1.65. The van der Waals surface area contributed by atoms with E-state index in [0.29, 0.717) is 0 Å². The largest absolute Gasteiger partial charge is 0.385 e. The highest BCUT2D eigenvalue weighted by molar-refractivity contribution is 4.93. The van der Waals surface area contributed by atoms with Gasteiger partial charge in [0.1, 0.15) is 0 Å². The summed E-state index contributed by atoms with van der Waals surface area (Å²) in [6.45, 7) is 2.07. The molecule has 2 aliphatic rings. The Labute approximate surface area is 106 Å². The predicted molar refractivity (Wildman–Crippen MR) is 71.3 cm³/mol. The molecule has 2 heterocycles. The van der Waals surface area contributed by atoms with Gasteiger partial charge in [0.05, 0.1) is 0 Å². The van der Waals surface area contributed by atoms with Crippen LogP contribution in [0.15, 0.2) is 0 Å². The summed E-state index contributed by atoms with van der Waals surface area (Å²) in [7, 11) is 4.11. The van der Waals surface area contributed by atoms with Gasteiger partial charge >= 0.3 is 0 Å². The van der Waals surface area contributed by atoms with E-state index in [2.05, 4.69) is 17.3 Å². The summed E-state index contributed by atoms with van der Waals surface area (Å²) in [5.41, 5.74) is 0. The summed E-state index contributed by atoms with van der Waals surface area (Å²) in [6, 6.07) is 2.46.